The molecule has 0 saturated heterocycles. The molecule has 0 amide bonds. The average molecular weight is 249 g/mol. The van der Waals surface area contributed by atoms with Gasteiger partial charge >= 0.3 is 0 Å². The standard InChI is InChI=1S/C16H15N3/c1-17-16(13-5-3-8-18-11-13)15-6-2-4-12-10-19-9-7-14(12)15/h2-11,16-17H,1H3. The first-order chi connectivity index (χ1) is 9.40. The maximum atomic E-state index is 4.21. The van der Waals surface area contributed by atoms with E-state index in [9.17, 15) is 0 Å². The van der Waals surface area contributed by atoms with E-state index in [0.717, 1.165) is 10.9 Å². The maximum absolute atomic E-state index is 4.21. The molecule has 2 aromatic heterocycles. The molecule has 1 atom stereocenters. The van der Waals surface area contributed by atoms with Crippen molar-refractivity contribution in [2.45, 2.75) is 6.04 Å². The summed E-state index contributed by atoms with van der Waals surface area (Å²) < 4.78 is 0. The van der Waals surface area contributed by atoms with Gasteiger partial charge in [-0.2, -0.15) is 0 Å². The number of nitrogens with zero attached hydrogens (tertiary/aromatic N) is 2. The molecular weight excluding hydrogens is 234 g/mol. The number of nitrogens with one attached hydrogen (secondary N) is 1. The molecule has 0 radical (unpaired) electrons. The second-order valence-electron chi connectivity index (χ2n) is 4.45. The van der Waals surface area contributed by atoms with E-state index in [2.05, 4.69) is 45.6 Å². The van der Waals surface area contributed by atoms with Crippen LogP contribution in [0.4, 0.5) is 0 Å². The van der Waals surface area contributed by atoms with E-state index in [1.165, 1.54) is 10.9 Å². The zero-order valence-electron chi connectivity index (χ0n) is 10.7. The summed E-state index contributed by atoms with van der Waals surface area (Å²) in [6, 6.07) is 12.6. The number of benzene rings is 1. The van der Waals surface area contributed by atoms with Crippen LogP contribution in [-0.4, -0.2) is 17.0 Å². The smallest absolute Gasteiger partial charge is 0.0595 e. The Morgan fingerprint density at radius 1 is 0.947 bits per heavy atom. The summed E-state index contributed by atoms with van der Waals surface area (Å²) >= 11 is 0. The average Bonchev–Trinajstić information content (AvgIpc) is 2.49. The fourth-order valence-electron chi connectivity index (χ4n) is 2.45. The molecule has 2 heterocycles. The van der Waals surface area contributed by atoms with Crippen LogP contribution >= 0.6 is 0 Å². The largest absolute Gasteiger partial charge is 0.309 e. The number of hydrogen-bond donors (Lipinski definition) is 1. The lowest BCUT2D eigenvalue weighted by atomic mass is 9.95. The Bertz CT molecular complexity index is 674. The van der Waals surface area contributed by atoms with Crippen LogP contribution in [0.5, 0.6) is 0 Å². The van der Waals surface area contributed by atoms with Crippen molar-refractivity contribution in [1.82, 2.24) is 15.3 Å². The molecule has 0 aliphatic rings. The number of fused-ring (bicyclic) bond motifs is 1. The molecule has 1 unspecified atom stereocenters. The van der Waals surface area contributed by atoms with Crippen LogP contribution in [0.3, 0.4) is 0 Å². The predicted octanol–water partition coefficient (Wildman–Crippen LogP) is 2.94. The Balaban J connectivity index is 2.17. The van der Waals surface area contributed by atoms with Crippen LogP contribution in [0.15, 0.2) is 61.2 Å². The van der Waals surface area contributed by atoms with Crippen LogP contribution < -0.4 is 5.32 Å². The lowest BCUT2D eigenvalue weighted by Crippen LogP contribution is -2.18. The summed E-state index contributed by atoms with van der Waals surface area (Å²) in [6.07, 6.45) is 7.43. The zero-order valence-corrected chi connectivity index (χ0v) is 10.7. The summed E-state index contributed by atoms with van der Waals surface area (Å²) in [5.41, 5.74) is 2.41. The molecule has 0 aliphatic heterocycles. The van der Waals surface area contributed by atoms with Gasteiger partial charge in [-0.15, -0.1) is 0 Å². The monoisotopic (exact) mass is 249 g/mol. The minimum Gasteiger partial charge on any atom is -0.309 e. The summed E-state index contributed by atoms with van der Waals surface area (Å²) in [7, 11) is 1.97. The molecule has 0 aliphatic carbocycles. The van der Waals surface area contributed by atoms with Crippen LogP contribution in [0.25, 0.3) is 10.8 Å². The molecule has 3 nitrogen and oxygen atoms in total. The van der Waals surface area contributed by atoms with Crippen molar-refractivity contribution >= 4 is 10.8 Å². The molecule has 0 spiro atoms. The molecule has 1 N–H and O–H groups in total. The molecule has 19 heavy (non-hydrogen) atoms. The highest BCUT2D eigenvalue weighted by atomic mass is 14.9. The highest BCUT2D eigenvalue weighted by Gasteiger charge is 2.14. The second kappa shape index (κ2) is 5.16. The molecule has 0 fully saturated rings. The quantitative estimate of drug-likeness (QED) is 0.775. The molecule has 1 aromatic carbocycles. The Morgan fingerprint density at radius 3 is 2.63 bits per heavy atom. The lowest BCUT2D eigenvalue weighted by Gasteiger charge is -2.18. The topological polar surface area (TPSA) is 37.8 Å². The number of hydrogen-bond acceptors (Lipinski definition) is 3. The van der Waals surface area contributed by atoms with Gasteiger partial charge in [-0.3, -0.25) is 9.97 Å². The summed E-state index contributed by atoms with van der Waals surface area (Å²) in [5, 5.41) is 5.75. The van der Waals surface area contributed by atoms with Crippen molar-refractivity contribution in [3.05, 3.63) is 72.3 Å². The van der Waals surface area contributed by atoms with Gasteiger partial charge in [0, 0.05) is 30.2 Å². The summed E-state index contributed by atoms with van der Waals surface area (Å²) in [6.45, 7) is 0. The molecule has 94 valence electrons. The Labute approximate surface area is 112 Å². The van der Waals surface area contributed by atoms with Gasteiger partial charge in [-0.1, -0.05) is 24.3 Å². The third-order valence-electron chi connectivity index (χ3n) is 3.33. The zero-order chi connectivity index (χ0) is 13.1. The molecule has 3 heteroatoms. The van der Waals surface area contributed by atoms with E-state index in [4.69, 9.17) is 0 Å². The highest BCUT2D eigenvalue weighted by molar-refractivity contribution is 5.85. The van der Waals surface area contributed by atoms with Crippen molar-refractivity contribution < 1.29 is 0 Å². The van der Waals surface area contributed by atoms with E-state index >= 15 is 0 Å². The van der Waals surface area contributed by atoms with Crippen molar-refractivity contribution in [1.29, 1.82) is 0 Å². The number of pyridine rings is 2. The van der Waals surface area contributed by atoms with Crippen molar-refractivity contribution in [3.8, 4) is 0 Å². The molecule has 0 bridgehead atoms. The van der Waals surface area contributed by atoms with Gasteiger partial charge in [0.2, 0.25) is 0 Å². The minimum absolute atomic E-state index is 0.139. The summed E-state index contributed by atoms with van der Waals surface area (Å²) in [5.74, 6) is 0. The lowest BCUT2D eigenvalue weighted by molar-refractivity contribution is 0.694. The first-order valence-electron chi connectivity index (χ1n) is 6.30. The van der Waals surface area contributed by atoms with Crippen LogP contribution in [0.1, 0.15) is 17.2 Å². The first kappa shape index (κ1) is 11.8. The van der Waals surface area contributed by atoms with E-state index in [-0.39, 0.29) is 6.04 Å². The van der Waals surface area contributed by atoms with Crippen molar-refractivity contribution in [2.75, 3.05) is 7.05 Å². The van der Waals surface area contributed by atoms with Gasteiger partial charge in [0.1, 0.15) is 0 Å². The van der Waals surface area contributed by atoms with E-state index < -0.39 is 0 Å². The molecule has 0 saturated carbocycles. The van der Waals surface area contributed by atoms with Gasteiger partial charge < -0.3 is 5.32 Å². The van der Waals surface area contributed by atoms with Crippen LogP contribution in [-0.2, 0) is 0 Å². The maximum Gasteiger partial charge on any atom is 0.0595 e. The van der Waals surface area contributed by atoms with Gasteiger partial charge in [-0.25, -0.2) is 0 Å². The minimum atomic E-state index is 0.139. The Kier molecular flexibility index (Phi) is 3.21. The van der Waals surface area contributed by atoms with Gasteiger partial charge in [0.05, 0.1) is 6.04 Å². The van der Waals surface area contributed by atoms with Gasteiger partial charge in [-0.05, 0) is 35.7 Å². The Morgan fingerprint density at radius 2 is 1.84 bits per heavy atom. The predicted molar refractivity (Wildman–Crippen MR) is 76.9 cm³/mol. The fraction of sp³-hybridized carbons (Fsp3) is 0.125. The third kappa shape index (κ3) is 2.20. The van der Waals surface area contributed by atoms with Crippen LogP contribution in [0.2, 0.25) is 0 Å². The second-order valence-corrected chi connectivity index (χ2v) is 4.45. The van der Waals surface area contributed by atoms with Gasteiger partial charge in [0.15, 0.2) is 0 Å². The van der Waals surface area contributed by atoms with Gasteiger partial charge in [0.25, 0.3) is 0 Å². The normalized spacial score (nSPS) is 12.5. The highest BCUT2D eigenvalue weighted by Crippen LogP contribution is 2.27. The molecule has 3 rings (SSSR count). The molecule has 3 aromatic rings. The van der Waals surface area contributed by atoms with Crippen LogP contribution in [0, 0.1) is 0 Å². The SMILES string of the molecule is CNC(c1cccnc1)c1cccc2cnccc12. The van der Waals surface area contributed by atoms with E-state index in [1.807, 2.05) is 31.7 Å². The number of aromatic nitrogens is 2. The Hall–Kier alpha value is -2.26. The van der Waals surface area contributed by atoms with E-state index in [1.54, 1.807) is 6.20 Å². The van der Waals surface area contributed by atoms with Crippen molar-refractivity contribution in [2.24, 2.45) is 0 Å². The fourth-order valence-corrected chi connectivity index (χ4v) is 2.45. The van der Waals surface area contributed by atoms with Crippen molar-refractivity contribution in [3.63, 3.8) is 0 Å². The van der Waals surface area contributed by atoms with E-state index in [0.29, 0.717) is 0 Å². The number of rotatable bonds is 3. The molecular formula is C16H15N3. The summed E-state index contributed by atoms with van der Waals surface area (Å²) in [4.78, 5) is 8.39. The first-order valence-corrected chi connectivity index (χ1v) is 6.30. The third-order valence-corrected chi connectivity index (χ3v) is 3.33.